The molecule has 168 valence electrons. The summed E-state index contributed by atoms with van der Waals surface area (Å²) >= 11 is 6.45. The Hall–Kier alpha value is -2.87. The highest BCUT2D eigenvalue weighted by Gasteiger charge is 2.61. The van der Waals surface area contributed by atoms with Crippen molar-refractivity contribution in [1.82, 2.24) is 9.78 Å². The minimum absolute atomic E-state index is 0.0329. The molecule has 2 aromatic rings. The molecule has 5 atom stereocenters. The molecule has 8 nitrogen and oxygen atoms in total. The Kier molecular flexibility index (Phi) is 5.00. The average Bonchev–Trinajstić information content (AvgIpc) is 2.71. The van der Waals surface area contributed by atoms with Crippen molar-refractivity contribution in [3.05, 3.63) is 51.4 Å². The van der Waals surface area contributed by atoms with E-state index in [-0.39, 0.29) is 17.4 Å². The molecule has 1 aromatic heterocycles. The number of aliphatic carboxylic acids is 2. The first kappa shape index (κ1) is 21.0. The van der Waals surface area contributed by atoms with Crippen molar-refractivity contribution in [2.45, 2.75) is 44.1 Å². The lowest BCUT2D eigenvalue weighted by Gasteiger charge is -2.59. The van der Waals surface area contributed by atoms with Gasteiger partial charge in [0.25, 0.3) is 5.56 Å². The van der Waals surface area contributed by atoms with Gasteiger partial charge in [-0.05, 0) is 67.6 Å². The first-order chi connectivity index (χ1) is 15.3. The molecule has 1 aromatic carbocycles. The highest BCUT2D eigenvalue weighted by atomic mass is 35.5. The fourth-order valence-electron chi connectivity index (χ4n) is 6.61. The molecule has 4 bridgehead atoms. The average molecular weight is 458 g/mol. The number of nitrogens with zero attached hydrogens (tertiary/aromatic N) is 2. The van der Waals surface area contributed by atoms with Crippen LogP contribution in [0.3, 0.4) is 0 Å². The first-order valence-corrected chi connectivity index (χ1v) is 11.2. The van der Waals surface area contributed by atoms with E-state index in [2.05, 4.69) is 10.4 Å². The van der Waals surface area contributed by atoms with Gasteiger partial charge in [-0.15, -0.1) is 0 Å². The summed E-state index contributed by atoms with van der Waals surface area (Å²) in [7, 11) is 0. The molecule has 0 amide bonds. The number of benzene rings is 1. The Labute approximate surface area is 189 Å². The summed E-state index contributed by atoms with van der Waals surface area (Å²) in [5.41, 5.74) is 0.323. The van der Waals surface area contributed by atoms with Crippen LogP contribution in [0.15, 0.2) is 35.3 Å². The van der Waals surface area contributed by atoms with Crippen molar-refractivity contribution >= 4 is 34.9 Å². The Bertz CT molecular complexity index is 1130. The van der Waals surface area contributed by atoms with E-state index < -0.39 is 29.0 Å². The van der Waals surface area contributed by atoms with Crippen LogP contribution >= 0.6 is 11.6 Å². The Balaban J connectivity index is 1.47. The largest absolute Gasteiger partial charge is 0.481 e. The van der Waals surface area contributed by atoms with Gasteiger partial charge in [0, 0.05) is 5.69 Å². The van der Waals surface area contributed by atoms with E-state index in [1.807, 2.05) is 0 Å². The van der Waals surface area contributed by atoms with Crippen LogP contribution in [0.4, 0.5) is 11.4 Å². The van der Waals surface area contributed by atoms with Crippen molar-refractivity contribution < 1.29 is 19.8 Å². The lowest BCUT2D eigenvalue weighted by atomic mass is 9.48. The number of hydrogen-bond donors (Lipinski definition) is 3. The molecule has 9 heteroatoms. The van der Waals surface area contributed by atoms with E-state index in [0.29, 0.717) is 41.6 Å². The molecule has 0 saturated heterocycles. The lowest BCUT2D eigenvalue weighted by Crippen LogP contribution is -2.63. The molecule has 6 rings (SSSR count). The summed E-state index contributed by atoms with van der Waals surface area (Å²) in [6.45, 7) is 0. The normalized spacial score (nSPS) is 30.3. The summed E-state index contributed by atoms with van der Waals surface area (Å²) in [6.07, 6.45) is 5.63. The topological polar surface area (TPSA) is 122 Å². The third-order valence-electron chi connectivity index (χ3n) is 7.47. The third-order valence-corrected chi connectivity index (χ3v) is 7.83. The van der Waals surface area contributed by atoms with E-state index in [1.54, 1.807) is 24.3 Å². The fraction of sp³-hybridized carbons (Fsp3) is 0.478. The molecule has 4 aliphatic rings. The van der Waals surface area contributed by atoms with Crippen LogP contribution in [0.5, 0.6) is 0 Å². The number of halogens is 1. The second-order valence-corrected chi connectivity index (χ2v) is 9.89. The predicted octanol–water partition coefficient (Wildman–Crippen LogP) is 3.50. The monoisotopic (exact) mass is 457 g/mol. The molecule has 0 radical (unpaired) electrons. The van der Waals surface area contributed by atoms with E-state index in [4.69, 9.17) is 16.7 Å². The maximum atomic E-state index is 13.3. The van der Waals surface area contributed by atoms with E-state index in [0.717, 1.165) is 19.3 Å². The smallest absolute Gasteiger partial charge is 0.309 e. The summed E-state index contributed by atoms with van der Waals surface area (Å²) in [5, 5.41) is 26.4. The minimum Gasteiger partial charge on any atom is -0.481 e. The second-order valence-electron chi connectivity index (χ2n) is 9.51. The molecule has 0 spiro atoms. The number of nitrogens with one attached hydrogen (secondary N) is 1. The number of carbonyl (C=O) groups is 2. The molecular formula is C23H24ClN3O5. The van der Waals surface area contributed by atoms with Crippen molar-refractivity contribution in [2.75, 3.05) is 5.32 Å². The van der Waals surface area contributed by atoms with Gasteiger partial charge in [0.05, 0.1) is 29.8 Å². The maximum Gasteiger partial charge on any atom is 0.309 e. The standard InChI is InChI=1S/C23H24ClN3O5/c24-20-17(26-16-3-1-12(2-4-16)8-18(28)29)11-25-27(21(20)30)23-9-13-5-14(10-23)7-15(6-13)19(23)22(31)32/h1-4,11,13-15,19,26H,5-10H2,(H,28,29)(H,31,32)/t13-,14+,15?,19-,23?/m0/s1. The predicted molar refractivity (Wildman–Crippen MR) is 117 cm³/mol. The van der Waals surface area contributed by atoms with Gasteiger partial charge < -0.3 is 15.5 Å². The summed E-state index contributed by atoms with van der Waals surface area (Å²) < 4.78 is 1.36. The van der Waals surface area contributed by atoms with Crippen molar-refractivity contribution in [3.8, 4) is 0 Å². The van der Waals surface area contributed by atoms with Crippen LogP contribution in [-0.2, 0) is 21.5 Å². The van der Waals surface area contributed by atoms with Crippen molar-refractivity contribution in [2.24, 2.45) is 23.7 Å². The van der Waals surface area contributed by atoms with Gasteiger partial charge in [-0.1, -0.05) is 23.7 Å². The van der Waals surface area contributed by atoms with Gasteiger partial charge in [-0.25, -0.2) is 4.68 Å². The Morgan fingerprint density at radius 2 is 1.78 bits per heavy atom. The lowest BCUT2D eigenvalue weighted by molar-refractivity contribution is -0.168. The summed E-state index contributed by atoms with van der Waals surface area (Å²) in [5.74, 6) is -1.46. The zero-order valence-corrected chi connectivity index (χ0v) is 18.1. The maximum absolute atomic E-state index is 13.3. The molecule has 0 aliphatic heterocycles. The molecule has 2 unspecified atom stereocenters. The third kappa shape index (κ3) is 3.37. The Morgan fingerprint density at radius 1 is 1.12 bits per heavy atom. The van der Waals surface area contributed by atoms with Gasteiger partial charge in [0.1, 0.15) is 5.02 Å². The van der Waals surface area contributed by atoms with Crippen LogP contribution in [0, 0.1) is 23.7 Å². The Morgan fingerprint density at radius 3 is 2.38 bits per heavy atom. The molecule has 32 heavy (non-hydrogen) atoms. The van der Waals surface area contributed by atoms with Gasteiger partial charge in [-0.2, -0.15) is 5.10 Å². The number of rotatable bonds is 6. The van der Waals surface area contributed by atoms with E-state index >= 15 is 0 Å². The molecule has 4 saturated carbocycles. The van der Waals surface area contributed by atoms with Gasteiger partial charge in [0.2, 0.25) is 0 Å². The number of anilines is 2. The SMILES string of the molecule is O=C(O)Cc1ccc(Nc2cnn(C34C[C@@H]5CC(C[C@@H](C5)C3)[C@H]4C(=O)O)c(=O)c2Cl)cc1. The number of carboxylic acids is 2. The van der Waals surface area contributed by atoms with E-state index in [9.17, 15) is 19.5 Å². The zero-order valence-electron chi connectivity index (χ0n) is 17.3. The van der Waals surface area contributed by atoms with Gasteiger partial charge in [-0.3, -0.25) is 14.4 Å². The molecule has 4 aliphatic carbocycles. The summed E-state index contributed by atoms with van der Waals surface area (Å²) in [6, 6.07) is 6.79. The van der Waals surface area contributed by atoms with Crippen molar-refractivity contribution in [3.63, 3.8) is 0 Å². The number of aromatic nitrogens is 2. The van der Waals surface area contributed by atoms with Gasteiger partial charge >= 0.3 is 11.9 Å². The molecule has 3 N–H and O–H groups in total. The van der Waals surface area contributed by atoms with Gasteiger partial charge in [0.15, 0.2) is 0 Å². The number of carboxylic acid groups (broad SMARTS) is 2. The molecule has 4 fully saturated rings. The fourth-order valence-corrected chi connectivity index (χ4v) is 6.78. The summed E-state index contributed by atoms with van der Waals surface area (Å²) in [4.78, 5) is 36.4. The van der Waals surface area contributed by atoms with Crippen molar-refractivity contribution in [1.29, 1.82) is 0 Å². The van der Waals surface area contributed by atoms with E-state index in [1.165, 1.54) is 10.9 Å². The quantitative estimate of drug-likeness (QED) is 0.606. The first-order valence-electron chi connectivity index (χ1n) is 10.9. The second kappa shape index (κ2) is 7.62. The van der Waals surface area contributed by atoms with Crippen LogP contribution in [-0.4, -0.2) is 31.9 Å². The van der Waals surface area contributed by atoms with Crippen LogP contribution in [0.2, 0.25) is 5.02 Å². The van der Waals surface area contributed by atoms with Crippen LogP contribution in [0.1, 0.15) is 37.7 Å². The number of hydrogen-bond acceptors (Lipinski definition) is 5. The van der Waals surface area contributed by atoms with Crippen LogP contribution in [0.25, 0.3) is 0 Å². The van der Waals surface area contributed by atoms with Crippen LogP contribution < -0.4 is 10.9 Å². The zero-order chi connectivity index (χ0) is 22.6. The molecular weight excluding hydrogens is 434 g/mol. The highest BCUT2D eigenvalue weighted by molar-refractivity contribution is 6.33. The highest BCUT2D eigenvalue weighted by Crippen LogP contribution is 2.61. The molecule has 1 heterocycles. The minimum atomic E-state index is -0.911.